The molecule has 4 nitrogen and oxygen atoms in total. The lowest BCUT2D eigenvalue weighted by Gasteiger charge is -2.23. The summed E-state index contributed by atoms with van der Waals surface area (Å²) in [6, 6.07) is 8.05. The summed E-state index contributed by atoms with van der Waals surface area (Å²) < 4.78 is 11.1. The summed E-state index contributed by atoms with van der Waals surface area (Å²) >= 11 is 0. The number of nitrogens with two attached hydrogens (primary N) is 1. The van der Waals surface area contributed by atoms with Gasteiger partial charge in [0, 0.05) is 12.6 Å². The SMILES string of the molecule is Cc1ccc(OCc2cc(CN)no2)c(C(C)(C)C)c1. The highest BCUT2D eigenvalue weighted by Gasteiger charge is 2.19. The molecule has 4 heteroatoms. The number of ether oxygens (including phenoxy) is 1. The van der Waals surface area contributed by atoms with Crippen molar-refractivity contribution in [3.63, 3.8) is 0 Å². The molecule has 0 aliphatic rings. The van der Waals surface area contributed by atoms with Crippen LogP contribution < -0.4 is 10.5 Å². The molecule has 2 N–H and O–H groups in total. The Labute approximate surface area is 119 Å². The minimum atomic E-state index is 0.0329. The van der Waals surface area contributed by atoms with E-state index in [1.165, 1.54) is 11.1 Å². The van der Waals surface area contributed by atoms with Crippen molar-refractivity contribution < 1.29 is 9.26 Å². The molecule has 2 aromatic rings. The number of benzene rings is 1. The van der Waals surface area contributed by atoms with Gasteiger partial charge in [-0.3, -0.25) is 0 Å². The fourth-order valence-corrected chi connectivity index (χ4v) is 2.02. The highest BCUT2D eigenvalue weighted by molar-refractivity contribution is 5.41. The van der Waals surface area contributed by atoms with E-state index in [4.69, 9.17) is 15.0 Å². The topological polar surface area (TPSA) is 61.3 Å². The van der Waals surface area contributed by atoms with Crippen molar-refractivity contribution >= 4 is 0 Å². The Morgan fingerprint density at radius 2 is 2.00 bits per heavy atom. The van der Waals surface area contributed by atoms with Crippen LogP contribution in [0.1, 0.15) is 43.4 Å². The van der Waals surface area contributed by atoms with Crippen LogP contribution in [0, 0.1) is 6.92 Å². The van der Waals surface area contributed by atoms with Crippen molar-refractivity contribution in [2.75, 3.05) is 0 Å². The molecule has 0 unspecified atom stereocenters. The van der Waals surface area contributed by atoms with Gasteiger partial charge in [0.2, 0.25) is 0 Å². The van der Waals surface area contributed by atoms with Gasteiger partial charge in [0.25, 0.3) is 0 Å². The maximum atomic E-state index is 5.89. The van der Waals surface area contributed by atoms with Crippen molar-refractivity contribution in [1.29, 1.82) is 0 Å². The number of hydrogen-bond acceptors (Lipinski definition) is 4. The second-order valence-electron chi connectivity index (χ2n) is 6.03. The maximum absolute atomic E-state index is 5.89. The molecule has 0 bridgehead atoms. The molecule has 0 aliphatic heterocycles. The Kier molecular flexibility index (Phi) is 4.14. The Morgan fingerprint density at radius 3 is 2.60 bits per heavy atom. The van der Waals surface area contributed by atoms with E-state index in [9.17, 15) is 0 Å². The van der Waals surface area contributed by atoms with Gasteiger partial charge in [-0.1, -0.05) is 43.6 Å². The summed E-state index contributed by atoms with van der Waals surface area (Å²) in [5.41, 5.74) is 8.70. The molecule has 0 fully saturated rings. The third-order valence-electron chi connectivity index (χ3n) is 3.13. The first kappa shape index (κ1) is 14.6. The first-order valence-corrected chi connectivity index (χ1v) is 6.78. The highest BCUT2D eigenvalue weighted by atomic mass is 16.5. The van der Waals surface area contributed by atoms with Crippen LogP contribution in [0.5, 0.6) is 5.75 Å². The van der Waals surface area contributed by atoms with Crippen LogP contribution >= 0.6 is 0 Å². The van der Waals surface area contributed by atoms with Gasteiger partial charge in [-0.15, -0.1) is 0 Å². The van der Waals surface area contributed by atoms with Crippen LogP contribution in [0.15, 0.2) is 28.8 Å². The van der Waals surface area contributed by atoms with Crippen molar-refractivity contribution in [2.45, 2.75) is 46.3 Å². The Balaban J connectivity index is 2.17. The van der Waals surface area contributed by atoms with E-state index in [0.717, 1.165) is 11.4 Å². The molecule has 1 aromatic carbocycles. The third-order valence-corrected chi connectivity index (χ3v) is 3.13. The molecule has 0 amide bonds. The molecule has 108 valence electrons. The van der Waals surface area contributed by atoms with E-state index in [-0.39, 0.29) is 5.41 Å². The maximum Gasteiger partial charge on any atom is 0.174 e. The zero-order valence-corrected chi connectivity index (χ0v) is 12.6. The summed E-state index contributed by atoms with van der Waals surface area (Å²) in [5, 5.41) is 3.85. The summed E-state index contributed by atoms with van der Waals surface area (Å²) in [7, 11) is 0. The van der Waals surface area contributed by atoms with E-state index in [1.54, 1.807) is 0 Å². The monoisotopic (exact) mass is 274 g/mol. The molecule has 0 aliphatic carbocycles. The first-order valence-electron chi connectivity index (χ1n) is 6.78. The Morgan fingerprint density at radius 1 is 1.25 bits per heavy atom. The van der Waals surface area contributed by atoms with Crippen LogP contribution in [0.3, 0.4) is 0 Å². The zero-order valence-electron chi connectivity index (χ0n) is 12.6. The molecule has 20 heavy (non-hydrogen) atoms. The minimum absolute atomic E-state index is 0.0329. The summed E-state index contributed by atoms with van der Waals surface area (Å²) in [4.78, 5) is 0. The first-order chi connectivity index (χ1) is 9.40. The van der Waals surface area contributed by atoms with Gasteiger partial charge in [-0.25, -0.2) is 0 Å². The summed E-state index contributed by atoms with van der Waals surface area (Å²) in [6.45, 7) is 9.35. The number of nitrogens with zero attached hydrogens (tertiary/aromatic N) is 1. The van der Waals surface area contributed by atoms with Crippen molar-refractivity contribution in [3.8, 4) is 5.75 Å². The normalized spacial score (nSPS) is 11.7. The number of hydrogen-bond donors (Lipinski definition) is 1. The number of aromatic nitrogens is 1. The molecule has 1 aromatic heterocycles. The summed E-state index contributed by atoms with van der Waals surface area (Å²) in [5.74, 6) is 1.57. The second kappa shape index (κ2) is 5.67. The van der Waals surface area contributed by atoms with Crippen LogP contribution in [0.4, 0.5) is 0 Å². The summed E-state index contributed by atoms with van der Waals surface area (Å²) in [6.07, 6.45) is 0. The van der Waals surface area contributed by atoms with Gasteiger partial charge in [0.1, 0.15) is 12.4 Å². The zero-order chi connectivity index (χ0) is 14.8. The van der Waals surface area contributed by atoms with Gasteiger partial charge in [0.15, 0.2) is 5.76 Å². The fraction of sp³-hybridized carbons (Fsp3) is 0.438. The molecular formula is C16H22N2O2. The average molecular weight is 274 g/mol. The van der Waals surface area contributed by atoms with Crippen LogP contribution in [-0.2, 0) is 18.6 Å². The van der Waals surface area contributed by atoms with Gasteiger partial charge in [0.05, 0.1) is 5.69 Å². The Hall–Kier alpha value is -1.81. The lowest BCUT2D eigenvalue weighted by molar-refractivity contribution is 0.244. The van der Waals surface area contributed by atoms with Crippen molar-refractivity contribution in [3.05, 3.63) is 46.8 Å². The van der Waals surface area contributed by atoms with Gasteiger partial charge in [-0.05, 0) is 24.0 Å². The predicted octanol–water partition coefficient (Wildman–Crippen LogP) is 3.32. The van der Waals surface area contributed by atoms with Crippen LogP contribution in [-0.4, -0.2) is 5.16 Å². The molecule has 0 radical (unpaired) electrons. The van der Waals surface area contributed by atoms with E-state index in [2.05, 4.69) is 45.0 Å². The standard InChI is InChI=1S/C16H22N2O2/c1-11-5-6-15(14(7-11)16(2,3)4)19-10-13-8-12(9-17)18-20-13/h5-8H,9-10,17H2,1-4H3. The minimum Gasteiger partial charge on any atom is -0.485 e. The second-order valence-corrected chi connectivity index (χ2v) is 6.03. The fourth-order valence-electron chi connectivity index (χ4n) is 2.02. The van der Waals surface area contributed by atoms with Crippen molar-refractivity contribution in [1.82, 2.24) is 5.16 Å². The van der Waals surface area contributed by atoms with Crippen LogP contribution in [0.25, 0.3) is 0 Å². The number of aryl methyl sites for hydroxylation is 1. The highest BCUT2D eigenvalue weighted by Crippen LogP contribution is 2.32. The molecule has 0 saturated heterocycles. The molecule has 1 heterocycles. The molecule has 2 rings (SSSR count). The molecule has 0 spiro atoms. The van der Waals surface area contributed by atoms with Gasteiger partial charge in [-0.2, -0.15) is 0 Å². The third kappa shape index (κ3) is 3.39. The molecule has 0 saturated carbocycles. The smallest absolute Gasteiger partial charge is 0.174 e. The van der Waals surface area contributed by atoms with E-state index in [0.29, 0.717) is 18.9 Å². The molecular weight excluding hydrogens is 252 g/mol. The van der Waals surface area contributed by atoms with Gasteiger partial charge < -0.3 is 15.0 Å². The largest absolute Gasteiger partial charge is 0.485 e. The molecule has 0 atom stereocenters. The average Bonchev–Trinajstić information content (AvgIpc) is 2.84. The lowest BCUT2D eigenvalue weighted by Crippen LogP contribution is -2.13. The van der Waals surface area contributed by atoms with Crippen molar-refractivity contribution in [2.24, 2.45) is 5.73 Å². The van der Waals surface area contributed by atoms with E-state index in [1.807, 2.05) is 12.1 Å². The number of rotatable bonds is 4. The Bertz CT molecular complexity index is 582. The van der Waals surface area contributed by atoms with Crippen LogP contribution in [0.2, 0.25) is 0 Å². The quantitative estimate of drug-likeness (QED) is 0.929. The lowest BCUT2D eigenvalue weighted by atomic mass is 9.85. The van der Waals surface area contributed by atoms with E-state index >= 15 is 0 Å². The van der Waals surface area contributed by atoms with Gasteiger partial charge >= 0.3 is 0 Å². The van der Waals surface area contributed by atoms with E-state index < -0.39 is 0 Å². The predicted molar refractivity (Wildman–Crippen MR) is 78.6 cm³/mol.